The molecule has 0 atom stereocenters. The van der Waals surface area contributed by atoms with Crippen LogP contribution in [0.15, 0.2) is 48.5 Å². The Bertz CT molecular complexity index is 950. The number of amides is 2. The van der Waals surface area contributed by atoms with Gasteiger partial charge in [-0.05, 0) is 57.5 Å². The minimum atomic E-state index is -1.12. The Morgan fingerprint density at radius 2 is 1.73 bits per heavy atom. The van der Waals surface area contributed by atoms with Gasteiger partial charge in [0.05, 0.1) is 29.6 Å². The summed E-state index contributed by atoms with van der Waals surface area (Å²) in [7, 11) is 0. The molecule has 0 radical (unpaired) electrons. The van der Waals surface area contributed by atoms with Crippen molar-refractivity contribution >= 4 is 29.2 Å². The number of rotatable bonds is 6. The zero-order valence-corrected chi connectivity index (χ0v) is 17.6. The van der Waals surface area contributed by atoms with E-state index in [0.717, 1.165) is 5.56 Å². The summed E-state index contributed by atoms with van der Waals surface area (Å²) in [6, 6.07) is 13.9. The number of esters is 1. The molecule has 7 heteroatoms. The third kappa shape index (κ3) is 4.52. The Kier molecular flexibility index (Phi) is 6.22. The van der Waals surface area contributed by atoms with Gasteiger partial charge in [-0.3, -0.25) is 14.5 Å². The fourth-order valence-corrected chi connectivity index (χ4v) is 3.17. The summed E-state index contributed by atoms with van der Waals surface area (Å²) in [4.78, 5) is 39.1. The van der Waals surface area contributed by atoms with Crippen molar-refractivity contribution in [1.82, 2.24) is 0 Å². The highest BCUT2D eigenvalue weighted by atomic mass is 16.5. The Morgan fingerprint density at radius 3 is 2.40 bits per heavy atom. The quantitative estimate of drug-likeness (QED) is 0.737. The van der Waals surface area contributed by atoms with E-state index in [1.54, 1.807) is 62.4 Å². The van der Waals surface area contributed by atoms with E-state index in [1.807, 2.05) is 13.8 Å². The molecule has 3 rings (SSSR count). The van der Waals surface area contributed by atoms with Gasteiger partial charge in [-0.2, -0.15) is 0 Å². The van der Waals surface area contributed by atoms with E-state index in [-0.39, 0.29) is 12.0 Å². The van der Waals surface area contributed by atoms with Gasteiger partial charge in [-0.15, -0.1) is 0 Å². The predicted molar refractivity (Wildman–Crippen MR) is 113 cm³/mol. The minimum Gasteiger partial charge on any atom is -0.452 e. The van der Waals surface area contributed by atoms with Gasteiger partial charge in [0.15, 0.2) is 6.61 Å². The van der Waals surface area contributed by atoms with Gasteiger partial charge in [0.25, 0.3) is 5.91 Å². The highest BCUT2D eigenvalue weighted by Crippen LogP contribution is 2.36. The molecule has 30 heavy (non-hydrogen) atoms. The summed E-state index contributed by atoms with van der Waals surface area (Å²) in [6.45, 7) is 7.19. The monoisotopic (exact) mass is 410 g/mol. The maximum Gasteiger partial charge on any atom is 0.338 e. The number of ether oxygens (including phenoxy) is 2. The number of carbonyl (C=O) groups is 3. The van der Waals surface area contributed by atoms with Crippen LogP contribution in [-0.4, -0.2) is 36.0 Å². The first kappa shape index (κ1) is 21.5. The zero-order valence-electron chi connectivity index (χ0n) is 17.6. The van der Waals surface area contributed by atoms with Gasteiger partial charge in [-0.25, -0.2) is 4.79 Å². The van der Waals surface area contributed by atoms with Crippen LogP contribution >= 0.6 is 0 Å². The third-order valence-corrected chi connectivity index (χ3v) is 4.86. The van der Waals surface area contributed by atoms with E-state index >= 15 is 0 Å². The summed E-state index contributed by atoms with van der Waals surface area (Å²) < 4.78 is 10.8. The molecule has 158 valence electrons. The lowest BCUT2D eigenvalue weighted by molar-refractivity contribution is -0.128. The molecule has 1 aliphatic heterocycles. The normalized spacial score (nSPS) is 14.8. The average Bonchev–Trinajstić information content (AvgIpc) is 2.71. The first-order valence-corrected chi connectivity index (χ1v) is 9.81. The number of hydrogen-bond acceptors (Lipinski definition) is 5. The number of nitrogens with zero attached hydrogens (tertiary/aromatic N) is 1. The number of carbonyl (C=O) groups excluding carboxylic acids is 3. The molecule has 2 aromatic carbocycles. The molecule has 0 saturated heterocycles. The molecular weight excluding hydrogens is 384 g/mol. The van der Waals surface area contributed by atoms with Crippen LogP contribution in [0.2, 0.25) is 0 Å². The lowest BCUT2D eigenvalue weighted by Crippen LogP contribution is -2.59. The van der Waals surface area contributed by atoms with Crippen molar-refractivity contribution in [2.75, 3.05) is 16.8 Å². The number of nitrogens with one attached hydrogen (secondary N) is 1. The zero-order chi connectivity index (χ0) is 21.9. The smallest absolute Gasteiger partial charge is 0.338 e. The largest absolute Gasteiger partial charge is 0.452 e. The molecule has 1 aliphatic rings. The summed E-state index contributed by atoms with van der Waals surface area (Å²) in [5.41, 5.74) is 1.27. The van der Waals surface area contributed by atoms with Crippen molar-refractivity contribution < 1.29 is 23.9 Å². The van der Waals surface area contributed by atoms with Crippen LogP contribution in [0.25, 0.3) is 0 Å². The van der Waals surface area contributed by atoms with Crippen molar-refractivity contribution in [2.45, 2.75) is 45.9 Å². The number of benzene rings is 2. The van der Waals surface area contributed by atoms with Crippen LogP contribution in [0.5, 0.6) is 0 Å². The van der Waals surface area contributed by atoms with Gasteiger partial charge in [0.1, 0.15) is 5.54 Å². The van der Waals surface area contributed by atoms with Crippen LogP contribution in [0.4, 0.5) is 11.4 Å². The number of para-hydroxylation sites is 2. The molecule has 0 fully saturated rings. The van der Waals surface area contributed by atoms with E-state index in [4.69, 9.17) is 9.47 Å². The molecule has 1 heterocycles. The fraction of sp³-hybridized carbons (Fsp3) is 0.348. The van der Waals surface area contributed by atoms with E-state index in [9.17, 15) is 14.4 Å². The van der Waals surface area contributed by atoms with Gasteiger partial charge in [-0.1, -0.05) is 24.3 Å². The molecule has 2 amide bonds. The summed E-state index contributed by atoms with van der Waals surface area (Å²) in [6.07, 6.45) is 0.118. The average molecular weight is 410 g/mol. The summed E-state index contributed by atoms with van der Waals surface area (Å²) in [5, 5.41) is 2.80. The lowest BCUT2D eigenvalue weighted by atomic mass is 9.96. The van der Waals surface area contributed by atoms with Gasteiger partial charge >= 0.3 is 5.97 Å². The lowest BCUT2D eigenvalue weighted by Gasteiger charge is -2.41. The molecule has 2 aromatic rings. The van der Waals surface area contributed by atoms with Gasteiger partial charge in [0.2, 0.25) is 5.91 Å². The first-order valence-electron chi connectivity index (χ1n) is 9.81. The summed E-state index contributed by atoms with van der Waals surface area (Å²) in [5.74, 6) is -1.38. The van der Waals surface area contributed by atoms with Crippen LogP contribution in [0, 0.1) is 0 Å². The first-order chi connectivity index (χ1) is 14.2. The van der Waals surface area contributed by atoms with E-state index in [2.05, 4.69) is 5.32 Å². The van der Waals surface area contributed by atoms with Crippen molar-refractivity contribution in [1.29, 1.82) is 0 Å². The molecule has 0 aliphatic carbocycles. The van der Waals surface area contributed by atoms with Crippen LogP contribution in [0.3, 0.4) is 0 Å². The molecule has 1 N–H and O–H groups in total. The number of anilines is 2. The Morgan fingerprint density at radius 1 is 1.07 bits per heavy atom. The SMILES string of the molecule is CC(C)OCc1ccc(C(=O)OCC(=O)N2c3ccccc3NC(=O)C2(C)C)cc1. The minimum absolute atomic E-state index is 0.118. The van der Waals surface area contributed by atoms with Crippen molar-refractivity contribution in [2.24, 2.45) is 0 Å². The molecule has 0 saturated carbocycles. The fourth-order valence-electron chi connectivity index (χ4n) is 3.17. The molecule has 0 aromatic heterocycles. The second-order valence-electron chi connectivity index (χ2n) is 7.89. The Hall–Kier alpha value is -3.19. The highest BCUT2D eigenvalue weighted by molar-refractivity contribution is 6.14. The molecule has 0 spiro atoms. The third-order valence-electron chi connectivity index (χ3n) is 4.86. The van der Waals surface area contributed by atoms with Crippen LogP contribution in [0.1, 0.15) is 43.6 Å². The van der Waals surface area contributed by atoms with Gasteiger partial charge < -0.3 is 14.8 Å². The predicted octanol–water partition coefficient (Wildman–Crippen LogP) is 3.53. The van der Waals surface area contributed by atoms with Crippen LogP contribution in [-0.2, 0) is 25.7 Å². The second-order valence-corrected chi connectivity index (χ2v) is 7.89. The van der Waals surface area contributed by atoms with E-state index in [0.29, 0.717) is 23.5 Å². The Balaban J connectivity index is 1.67. The molecule has 7 nitrogen and oxygen atoms in total. The van der Waals surface area contributed by atoms with E-state index < -0.39 is 24.0 Å². The van der Waals surface area contributed by atoms with Crippen LogP contribution < -0.4 is 10.2 Å². The highest BCUT2D eigenvalue weighted by Gasteiger charge is 2.43. The molecule has 0 unspecified atom stereocenters. The topological polar surface area (TPSA) is 84.9 Å². The second kappa shape index (κ2) is 8.67. The maximum absolute atomic E-state index is 12.9. The van der Waals surface area contributed by atoms with Crippen molar-refractivity contribution in [3.8, 4) is 0 Å². The summed E-state index contributed by atoms with van der Waals surface area (Å²) >= 11 is 0. The number of fused-ring (bicyclic) bond motifs is 1. The van der Waals surface area contributed by atoms with E-state index in [1.165, 1.54) is 4.90 Å². The maximum atomic E-state index is 12.9. The molecule has 0 bridgehead atoms. The standard InChI is InChI=1S/C23H26N2O5/c1-15(2)29-13-16-9-11-17(12-10-16)21(27)30-14-20(26)25-19-8-6-5-7-18(19)24-22(28)23(25,3)4/h5-12,15H,13-14H2,1-4H3,(H,24,28). The van der Waals surface area contributed by atoms with Gasteiger partial charge in [0, 0.05) is 0 Å². The number of hydrogen-bond donors (Lipinski definition) is 1. The Labute approximate surface area is 176 Å². The molecular formula is C23H26N2O5. The van der Waals surface area contributed by atoms with Crippen molar-refractivity contribution in [3.63, 3.8) is 0 Å². The van der Waals surface area contributed by atoms with Crippen molar-refractivity contribution in [3.05, 3.63) is 59.7 Å².